The number of rotatable bonds is 11. The topological polar surface area (TPSA) is 120 Å². The van der Waals surface area contributed by atoms with Crippen molar-refractivity contribution in [3.8, 4) is 17.1 Å². The van der Waals surface area contributed by atoms with E-state index < -0.39 is 48.9 Å². The molecule has 0 bridgehead atoms. The number of carbonyl (C=O) groups is 1. The van der Waals surface area contributed by atoms with Crippen molar-refractivity contribution in [3.05, 3.63) is 60.4 Å². The minimum absolute atomic E-state index is 0.108. The summed E-state index contributed by atoms with van der Waals surface area (Å²) in [6, 6.07) is 6.36. The molecular formula is C24H23F4NO8S2. The average molecular weight is 594 g/mol. The number of sulfonamides is 1. The van der Waals surface area contributed by atoms with Gasteiger partial charge in [-0.3, -0.25) is 4.31 Å². The zero-order valence-corrected chi connectivity index (χ0v) is 22.3. The number of furan rings is 1. The van der Waals surface area contributed by atoms with Gasteiger partial charge < -0.3 is 13.3 Å². The van der Waals surface area contributed by atoms with Crippen LogP contribution in [0, 0.1) is 5.82 Å². The summed E-state index contributed by atoms with van der Waals surface area (Å²) in [5, 5.41) is -0.233. The van der Waals surface area contributed by atoms with E-state index in [9.17, 15) is 39.2 Å². The molecule has 39 heavy (non-hydrogen) atoms. The first kappa shape index (κ1) is 30.0. The molecule has 9 nitrogen and oxygen atoms in total. The summed E-state index contributed by atoms with van der Waals surface area (Å²) in [5.41, 5.74) is -6.79. The van der Waals surface area contributed by atoms with Gasteiger partial charge in [-0.1, -0.05) is 6.08 Å². The monoisotopic (exact) mass is 593 g/mol. The molecule has 0 aliphatic carbocycles. The van der Waals surface area contributed by atoms with E-state index in [2.05, 4.69) is 10.8 Å². The second-order valence-corrected chi connectivity index (χ2v) is 11.5. The molecular weight excluding hydrogens is 570 g/mol. The Hall–Kier alpha value is -3.59. The Kier molecular flexibility index (Phi) is 8.65. The van der Waals surface area contributed by atoms with E-state index in [1.54, 1.807) is 0 Å². The van der Waals surface area contributed by atoms with Crippen molar-refractivity contribution < 1.29 is 52.5 Å². The Bertz CT molecular complexity index is 1600. The summed E-state index contributed by atoms with van der Waals surface area (Å²) < 4.78 is 118. The molecule has 0 atom stereocenters. The summed E-state index contributed by atoms with van der Waals surface area (Å²) in [7, 11) is -10.5. The smallest absolute Gasteiger partial charge is 0.462 e. The van der Waals surface area contributed by atoms with Crippen LogP contribution < -0.4 is 8.49 Å². The largest absolute Gasteiger partial charge is 0.534 e. The molecule has 0 N–H and O–H groups in total. The first-order valence-corrected chi connectivity index (χ1v) is 14.5. The van der Waals surface area contributed by atoms with Gasteiger partial charge in [0.15, 0.2) is 5.75 Å². The predicted molar refractivity (Wildman–Crippen MR) is 135 cm³/mol. The molecule has 0 saturated heterocycles. The standard InChI is InChI=1S/C24H23F4NO8S2/c1-4-6-7-12-29(38(3,31)32)18-14-19-17(13-20(18)37-39(33,34)24(26,27)28)21(23(30)35-5-2)22(36-19)15-8-10-16(25)11-9-15/h4,8-11,13-14H,1,5-7,12H2,2-3H3. The van der Waals surface area contributed by atoms with Crippen LogP contribution in [0.4, 0.5) is 23.2 Å². The van der Waals surface area contributed by atoms with E-state index >= 15 is 0 Å². The van der Waals surface area contributed by atoms with Gasteiger partial charge in [0.1, 0.15) is 22.7 Å². The van der Waals surface area contributed by atoms with Gasteiger partial charge in [0.25, 0.3) is 0 Å². The number of benzene rings is 2. The Morgan fingerprint density at radius 3 is 2.31 bits per heavy atom. The van der Waals surface area contributed by atoms with Crippen molar-refractivity contribution in [2.45, 2.75) is 25.3 Å². The number of hydrogen-bond donors (Lipinski definition) is 0. The van der Waals surface area contributed by atoms with Gasteiger partial charge in [-0.15, -0.1) is 6.58 Å². The highest BCUT2D eigenvalue weighted by Crippen LogP contribution is 2.43. The summed E-state index contributed by atoms with van der Waals surface area (Å²) in [5.74, 6) is -2.80. The van der Waals surface area contributed by atoms with Crippen molar-refractivity contribution in [1.82, 2.24) is 0 Å². The van der Waals surface area contributed by atoms with Crippen LogP contribution in [-0.2, 0) is 24.9 Å². The van der Waals surface area contributed by atoms with E-state index in [0.29, 0.717) is 10.7 Å². The number of ether oxygens (including phenoxy) is 1. The molecule has 3 rings (SSSR count). The van der Waals surface area contributed by atoms with Gasteiger partial charge in [-0.25, -0.2) is 17.6 Å². The van der Waals surface area contributed by atoms with Crippen molar-refractivity contribution in [2.24, 2.45) is 0 Å². The minimum atomic E-state index is -6.27. The van der Waals surface area contributed by atoms with Crippen LogP contribution >= 0.6 is 0 Å². The number of unbranched alkanes of at least 4 members (excludes halogenated alkanes) is 1. The zero-order valence-electron chi connectivity index (χ0n) is 20.6. The quantitative estimate of drug-likeness (QED) is 0.0726. The lowest BCUT2D eigenvalue weighted by molar-refractivity contribution is -0.0499. The van der Waals surface area contributed by atoms with Crippen molar-refractivity contribution in [1.29, 1.82) is 0 Å². The maximum atomic E-state index is 13.5. The SMILES string of the molecule is C=CCCCN(c1cc2oc(-c3ccc(F)cc3)c(C(=O)OCC)c2cc1OS(=O)(=O)C(F)(F)F)S(C)(=O)=O. The zero-order chi connectivity index (χ0) is 29.2. The van der Waals surface area contributed by atoms with E-state index in [-0.39, 0.29) is 47.4 Å². The Morgan fingerprint density at radius 2 is 1.77 bits per heavy atom. The van der Waals surface area contributed by atoms with Gasteiger partial charge in [-0.05, 0) is 50.1 Å². The number of allylic oxidation sites excluding steroid dienone is 1. The number of nitrogens with zero attached hydrogens (tertiary/aromatic N) is 1. The van der Waals surface area contributed by atoms with Crippen molar-refractivity contribution in [2.75, 3.05) is 23.7 Å². The molecule has 3 aromatic rings. The molecule has 212 valence electrons. The number of fused-ring (bicyclic) bond motifs is 1. The third kappa shape index (κ3) is 6.53. The van der Waals surface area contributed by atoms with Gasteiger partial charge in [0.2, 0.25) is 10.0 Å². The Balaban J connectivity index is 2.40. The normalized spacial score (nSPS) is 12.4. The molecule has 0 aliphatic heterocycles. The van der Waals surface area contributed by atoms with Gasteiger partial charge in [-0.2, -0.15) is 21.6 Å². The summed E-state index contributed by atoms with van der Waals surface area (Å²) in [6.45, 7) is 4.63. The van der Waals surface area contributed by atoms with E-state index in [0.717, 1.165) is 30.5 Å². The minimum Gasteiger partial charge on any atom is -0.462 e. The first-order chi connectivity index (χ1) is 18.1. The van der Waals surface area contributed by atoms with Crippen molar-refractivity contribution in [3.63, 3.8) is 0 Å². The molecule has 1 heterocycles. The number of anilines is 1. The van der Waals surface area contributed by atoms with Crippen LogP contribution in [0.15, 0.2) is 53.5 Å². The predicted octanol–water partition coefficient (Wildman–Crippen LogP) is 5.38. The van der Waals surface area contributed by atoms with Crippen molar-refractivity contribution >= 4 is 42.8 Å². The van der Waals surface area contributed by atoms with Crippen LogP contribution in [0.3, 0.4) is 0 Å². The second-order valence-electron chi connectivity index (χ2n) is 8.10. The van der Waals surface area contributed by atoms with Crippen LogP contribution in [-0.4, -0.2) is 47.7 Å². The molecule has 0 saturated carbocycles. The first-order valence-electron chi connectivity index (χ1n) is 11.2. The fraction of sp³-hybridized carbons (Fsp3) is 0.292. The van der Waals surface area contributed by atoms with Gasteiger partial charge in [0, 0.05) is 23.6 Å². The highest BCUT2D eigenvalue weighted by molar-refractivity contribution is 7.92. The average Bonchev–Trinajstić information content (AvgIpc) is 3.19. The number of hydrogen-bond acceptors (Lipinski definition) is 8. The molecule has 0 radical (unpaired) electrons. The van der Waals surface area contributed by atoms with Crippen LogP contribution in [0.25, 0.3) is 22.3 Å². The highest BCUT2D eigenvalue weighted by atomic mass is 32.2. The summed E-state index contributed by atoms with van der Waals surface area (Å²) >= 11 is 0. The van der Waals surface area contributed by atoms with E-state index in [4.69, 9.17) is 9.15 Å². The number of esters is 1. The lowest BCUT2D eigenvalue weighted by Crippen LogP contribution is -2.33. The summed E-state index contributed by atoms with van der Waals surface area (Å²) in [4.78, 5) is 12.9. The molecule has 2 aromatic carbocycles. The fourth-order valence-corrected chi connectivity index (χ4v) is 5.02. The van der Waals surface area contributed by atoms with Crippen LogP contribution in [0.2, 0.25) is 0 Å². The maximum Gasteiger partial charge on any atom is 0.534 e. The number of alkyl halides is 3. The number of carbonyl (C=O) groups excluding carboxylic acids is 1. The molecule has 0 unspecified atom stereocenters. The van der Waals surface area contributed by atoms with E-state index in [1.165, 1.54) is 25.1 Å². The third-order valence-corrected chi connectivity index (χ3v) is 7.42. The molecule has 1 aromatic heterocycles. The lowest BCUT2D eigenvalue weighted by atomic mass is 10.0. The van der Waals surface area contributed by atoms with Crippen LogP contribution in [0.5, 0.6) is 5.75 Å². The van der Waals surface area contributed by atoms with Crippen LogP contribution in [0.1, 0.15) is 30.1 Å². The van der Waals surface area contributed by atoms with E-state index in [1.807, 2.05) is 0 Å². The van der Waals surface area contributed by atoms with Gasteiger partial charge in [0.05, 0.1) is 18.6 Å². The molecule has 0 fully saturated rings. The van der Waals surface area contributed by atoms with Gasteiger partial charge >= 0.3 is 21.6 Å². The fourth-order valence-electron chi connectivity index (χ4n) is 3.59. The molecule has 0 spiro atoms. The Morgan fingerprint density at radius 1 is 1.13 bits per heavy atom. The molecule has 15 heteroatoms. The maximum absolute atomic E-state index is 13.5. The lowest BCUT2D eigenvalue weighted by Gasteiger charge is -2.24. The second kappa shape index (κ2) is 11.3. The number of halogens is 4. The third-order valence-electron chi connectivity index (χ3n) is 5.28. The summed E-state index contributed by atoms with van der Waals surface area (Å²) in [6.07, 6.45) is 2.76. The highest BCUT2D eigenvalue weighted by Gasteiger charge is 2.49. The molecule has 0 amide bonds. The molecule has 0 aliphatic rings. The Labute approximate surface area is 221 Å².